The van der Waals surface area contributed by atoms with Crippen LogP contribution in [0.4, 0.5) is 5.82 Å². The molecule has 3 aromatic heterocycles. The number of aryl methyl sites for hydroxylation is 2. The number of thiophene rings is 1. The number of nitrogens with one attached hydrogen (secondary N) is 1. The largest absolute Gasteiger partial charge is 0.389 e. The molecule has 27 heavy (non-hydrogen) atoms. The van der Waals surface area contributed by atoms with Crippen LogP contribution in [0.2, 0.25) is 0 Å². The molecule has 1 saturated heterocycles. The van der Waals surface area contributed by atoms with Crippen molar-refractivity contribution in [3.05, 3.63) is 46.9 Å². The van der Waals surface area contributed by atoms with Crippen molar-refractivity contribution in [3.63, 3.8) is 0 Å². The zero-order valence-corrected chi connectivity index (χ0v) is 16.0. The van der Waals surface area contributed by atoms with Gasteiger partial charge in [0.15, 0.2) is 0 Å². The van der Waals surface area contributed by atoms with Gasteiger partial charge >= 0.3 is 0 Å². The summed E-state index contributed by atoms with van der Waals surface area (Å²) in [7, 11) is 0. The lowest BCUT2D eigenvalue weighted by atomic mass is 10.0. The van der Waals surface area contributed by atoms with Crippen LogP contribution < -0.4 is 5.32 Å². The molecule has 140 valence electrons. The number of hydrogen-bond acceptors (Lipinski definition) is 7. The Morgan fingerprint density at radius 1 is 1.30 bits per heavy atom. The van der Waals surface area contributed by atoms with Gasteiger partial charge in [0, 0.05) is 24.2 Å². The second-order valence-corrected chi connectivity index (χ2v) is 7.96. The second kappa shape index (κ2) is 7.21. The molecule has 2 N–H and O–H groups in total. The van der Waals surface area contributed by atoms with Crippen LogP contribution in [-0.4, -0.2) is 56.1 Å². The molecule has 0 spiro atoms. The number of anilines is 1. The highest BCUT2D eigenvalue weighted by atomic mass is 32.1. The van der Waals surface area contributed by atoms with Crippen molar-refractivity contribution in [2.24, 2.45) is 0 Å². The molecule has 4 heterocycles. The number of hydrogen-bond donors (Lipinski definition) is 2. The summed E-state index contributed by atoms with van der Waals surface area (Å²) in [4.78, 5) is 29.2. The van der Waals surface area contributed by atoms with Crippen LogP contribution in [0, 0.1) is 13.8 Å². The van der Waals surface area contributed by atoms with Crippen LogP contribution in [0.15, 0.2) is 30.7 Å². The van der Waals surface area contributed by atoms with E-state index in [-0.39, 0.29) is 18.5 Å². The number of carbonyl (C=O) groups is 1. The Labute approximate surface area is 161 Å². The molecule has 1 aliphatic rings. The van der Waals surface area contributed by atoms with Gasteiger partial charge in [0.25, 0.3) is 5.91 Å². The van der Waals surface area contributed by atoms with E-state index in [0.717, 1.165) is 21.6 Å². The van der Waals surface area contributed by atoms with E-state index in [1.165, 1.54) is 4.88 Å². The first-order chi connectivity index (χ1) is 13.0. The van der Waals surface area contributed by atoms with E-state index in [1.807, 2.05) is 0 Å². The quantitative estimate of drug-likeness (QED) is 0.722. The Hall–Kier alpha value is -2.58. The predicted octanol–water partition coefficient (Wildman–Crippen LogP) is 2.39. The first-order valence-corrected chi connectivity index (χ1v) is 9.72. The van der Waals surface area contributed by atoms with Crippen LogP contribution in [0.25, 0.3) is 10.2 Å². The number of likely N-dealkylation sites (tertiary alicyclic amines) is 1. The lowest BCUT2D eigenvalue weighted by Crippen LogP contribution is -2.51. The molecule has 0 aromatic carbocycles. The molecule has 0 aliphatic carbocycles. The molecule has 7 nitrogen and oxygen atoms in total. The normalized spacial score (nSPS) is 20.0. The van der Waals surface area contributed by atoms with E-state index < -0.39 is 6.10 Å². The molecule has 0 saturated carbocycles. The lowest BCUT2D eigenvalue weighted by Gasteiger charge is -2.36. The second-order valence-electron chi connectivity index (χ2n) is 6.76. The van der Waals surface area contributed by atoms with Gasteiger partial charge in [0.1, 0.15) is 22.7 Å². The van der Waals surface area contributed by atoms with Crippen LogP contribution in [0.5, 0.6) is 0 Å². The van der Waals surface area contributed by atoms with Crippen molar-refractivity contribution in [2.45, 2.75) is 32.4 Å². The van der Waals surface area contributed by atoms with Gasteiger partial charge in [-0.05, 0) is 38.0 Å². The third kappa shape index (κ3) is 3.38. The summed E-state index contributed by atoms with van der Waals surface area (Å²) in [5.74, 6) is 0.595. The van der Waals surface area contributed by atoms with E-state index >= 15 is 0 Å². The van der Waals surface area contributed by atoms with Crippen LogP contribution in [0.3, 0.4) is 0 Å². The number of rotatable bonds is 3. The topological polar surface area (TPSA) is 91.2 Å². The first-order valence-electron chi connectivity index (χ1n) is 8.90. The molecule has 0 bridgehead atoms. The highest BCUT2D eigenvalue weighted by molar-refractivity contribution is 7.18. The molecule has 1 aliphatic heterocycles. The Balaban J connectivity index is 1.49. The average Bonchev–Trinajstić information content (AvgIpc) is 2.98. The van der Waals surface area contributed by atoms with Crippen molar-refractivity contribution in [2.75, 3.05) is 18.4 Å². The fourth-order valence-corrected chi connectivity index (χ4v) is 4.40. The van der Waals surface area contributed by atoms with E-state index in [4.69, 9.17) is 0 Å². The van der Waals surface area contributed by atoms with E-state index in [9.17, 15) is 9.90 Å². The first kappa shape index (κ1) is 17.8. The Bertz CT molecular complexity index is 975. The van der Waals surface area contributed by atoms with Gasteiger partial charge in [0.05, 0.1) is 17.5 Å². The molecule has 3 aromatic rings. The summed E-state index contributed by atoms with van der Waals surface area (Å²) < 4.78 is 0. The number of aliphatic hydroxyl groups is 1. The minimum absolute atomic E-state index is 0.151. The number of β-amino-alcohol motifs (C(OH)–C–C–N with tert-alkyl or cyclic N) is 1. The average molecular weight is 383 g/mol. The number of aliphatic hydroxyl groups excluding tert-OH is 1. The van der Waals surface area contributed by atoms with Gasteiger partial charge in [-0.2, -0.15) is 0 Å². The standard InChI is InChI=1S/C19H21N5O2S/c1-11-12(2)27-18-16(11)17(21-10-22-18)23-13-6-8-24(9-15(13)25)19(26)14-5-3-4-7-20-14/h3-5,7,10,13,15,25H,6,8-9H2,1-2H3,(H,21,22,23)/t13-,15-/m0/s1. The molecule has 8 heteroatoms. The summed E-state index contributed by atoms with van der Waals surface area (Å²) in [6.07, 6.45) is 3.10. The highest BCUT2D eigenvalue weighted by Crippen LogP contribution is 2.33. The van der Waals surface area contributed by atoms with Gasteiger partial charge < -0.3 is 15.3 Å². The minimum Gasteiger partial charge on any atom is -0.389 e. The maximum Gasteiger partial charge on any atom is 0.272 e. The summed E-state index contributed by atoms with van der Waals surface area (Å²) in [5.41, 5.74) is 1.56. The van der Waals surface area contributed by atoms with Crippen molar-refractivity contribution in [3.8, 4) is 0 Å². The van der Waals surface area contributed by atoms with Gasteiger partial charge in [-0.1, -0.05) is 6.07 Å². The third-order valence-corrected chi connectivity index (χ3v) is 6.16. The number of amides is 1. The number of aromatic nitrogens is 3. The fraction of sp³-hybridized carbons (Fsp3) is 0.368. The lowest BCUT2D eigenvalue weighted by molar-refractivity contribution is 0.0421. The van der Waals surface area contributed by atoms with Crippen molar-refractivity contribution in [1.82, 2.24) is 19.9 Å². The zero-order chi connectivity index (χ0) is 19.0. The summed E-state index contributed by atoms with van der Waals surface area (Å²) in [6, 6.07) is 5.09. The van der Waals surface area contributed by atoms with Crippen LogP contribution in [0.1, 0.15) is 27.3 Å². The van der Waals surface area contributed by atoms with Crippen LogP contribution in [-0.2, 0) is 0 Å². The van der Waals surface area contributed by atoms with E-state index in [2.05, 4.69) is 34.1 Å². The number of fused-ring (bicyclic) bond motifs is 1. The van der Waals surface area contributed by atoms with Crippen molar-refractivity contribution < 1.29 is 9.90 Å². The third-order valence-electron chi connectivity index (χ3n) is 5.04. The fourth-order valence-electron chi connectivity index (χ4n) is 3.40. The Kier molecular flexibility index (Phi) is 4.75. The molecular formula is C19H21N5O2S. The smallest absolute Gasteiger partial charge is 0.272 e. The maximum absolute atomic E-state index is 12.5. The number of carbonyl (C=O) groups excluding carboxylic acids is 1. The zero-order valence-electron chi connectivity index (χ0n) is 15.2. The molecule has 4 rings (SSSR count). The van der Waals surface area contributed by atoms with Gasteiger partial charge in [0.2, 0.25) is 0 Å². The molecule has 0 unspecified atom stereocenters. The van der Waals surface area contributed by atoms with Gasteiger partial charge in [-0.3, -0.25) is 9.78 Å². The molecule has 0 radical (unpaired) electrons. The molecular weight excluding hydrogens is 362 g/mol. The highest BCUT2D eigenvalue weighted by Gasteiger charge is 2.31. The predicted molar refractivity (Wildman–Crippen MR) is 105 cm³/mol. The monoisotopic (exact) mass is 383 g/mol. The maximum atomic E-state index is 12.5. The summed E-state index contributed by atoms with van der Waals surface area (Å²) in [6.45, 7) is 4.96. The van der Waals surface area contributed by atoms with Crippen molar-refractivity contribution in [1.29, 1.82) is 0 Å². The number of piperidine rings is 1. The summed E-state index contributed by atoms with van der Waals surface area (Å²) >= 11 is 1.64. The summed E-state index contributed by atoms with van der Waals surface area (Å²) in [5, 5.41) is 15.0. The molecule has 2 atom stereocenters. The number of pyridine rings is 1. The SMILES string of the molecule is Cc1sc2ncnc(N[C@H]3CCN(C(=O)c4ccccn4)C[C@@H]3O)c2c1C. The molecule has 1 amide bonds. The Morgan fingerprint density at radius 2 is 2.15 bits per heavy atom. The number of nitrogens with zero attached hydrogens (tertiary/aromatic N) is 4. The minimum atomic E-state index is -0.684. The van der Waals surface area contributed by atoms with E-state index in [1.54, 1.807) is 47.0 Å². The van der Waals surface area contributed by atoms with Gasteiger partial charge in [-0.25, -0.2) is 9.97 Å². The molecule has 1 fully saturated rings. The van der Waals surface area contributed by atoms with Gasteiger partial charge in [-0.15, -0.1) is 11.3 Å². The van der Waals surface area contributed by atoms with Crippen LogP contribution >= 0.6 is 11.3 Å². The Morgan fingerprint density at radius 3 is 2.89 bits per heavy atom. The van der Waals surface area contributed by atoms with E-state index in [0.29, 0.717) is 18.7 Å². The van der Waals surface area contributed by atoms with Crippen molar-refractivity contribution >= 4 is 33.3 Å².